The fraction of sp³-hybridized carbons (Fsp3) is 0.130. The Morgan fingerprint density at radius 2 is 1.58 bits per heavy atom. The fourth-order valence-corrected chi connectivity index (χ4v) is 4.64. The summed E-state index contributed by atoms with van der Waals surface area (Å²) in [5.74, 6) is -0.307. The average molecular weight is 436 g/mol. The van der Waals surface area contributed by atoms with E-state index >= 15 is 0 Å². The quantitative estimate of drug-likeness (QED) is 0.640. The van der Waals surface area contributed by atoms with Crippen molar-refractivity contribution in [2.75, 3.05) is 21.5 Å². The molecule has 0 spiro atoms. The maximum atomic E-state index is 12.8. The summed E-state index contributed by atoms with van der Waals surface area (Å²) in [7, 11) is -3.80. The number of amides is 2. The van der Waals surface area contributed by atoms with Crippen LogP contribution in [0.2, 0.25) is 0 Å². The van der Waals surface area contributed by atoms with Crippen molar-refractivity contribution in [2.45, 2.75) is 18.2 Å². The molecule has 2 N–H and O–H groups in total. The maximum Gasteiger partial charge on any atom is 0.261 e. The van der Waals surface area contributed by atoms with Gasteiger partial charge in [-0.3, -0.25) is 14.3 Å². The SMILES string of the molecule is CC(=O)Nc1ccc(NS(=O)(=O)c2ccc3c(c2)CCN3C(=O)c2ccccc2)cc1. The maximum absolute atomic E-state index is 12.8. The van der Waals surface area contributed by atoms with Gasteiger partial charge in [0.05, 0.1) is 4.90 Å². The molecule has 1 aliphatic rings. The van der Waals surface area contributed by atoms with Gasteiger partial charge in [0.1, 0.15) is 0 Å². The Labute approximate surface area is 180 Å². The lowest BCUT2D eigenvalue weighted by Crippen LogP contribution is -2.28. The lowest BCUT2D eigenvalue weighted by molar-refractivity contribution is -0.114. The largest absolute Gasteiger partial charge is 0.326 e. The summed E-state index contributed by atoms with van der Waals surface area (Å²) in [5.41, 5.74) is 3.10. The summed E-state index contributed by atoms with van der Waals surface area (Å²) >= 11 is 0. The molecular formula is C23H21N3O4S. The van der Waals surface area contributed by atoms with Crippen molar-refractivity contribution in [2.24, 2.45) is 0 Å². The monoisotopic (exact) mass is 435 g/mol. The van der Waals surface area contributed by atoms with E-state index in [4.69, 9.17) is 0 Å². The van der Waals surface area contributed by atoms with E-state index in [-0.39, 0.29) is 16.7 Å². The van der Waals surface area contributed by atoms with Gasteiger partial charge >= 0.3 is 0 Å². The van der Waals surface area contributed by atoms with Gasteiger partial charge in [-0.15, -0.1) is 0 Å². The summed E-state index contributed by atoms with van der Waals surface area (Å²) in [6.07, 6.45) is 0.586. The van der Waals surface area contributed by atoms with Crippen LogP contribution in [0.15, 0.2) is 77.7 Å². The molecule has 31 heavy (non-hydrogen) atoms. The zero-order valence-corrected chi connectivity index (χ0v) is 17.6. The number of sulfonamides is 1. The summed E-state index contributed by atoms with van der Waals surface area (Å²) in [6, 6.07) is 20.2. The molecule has 4 rings (SSSR count). The third kappa shape index (κ3) is 4.44. The van der Waals surface area contributed by atoms with Crippen LogP contribution >= 0.6 is 0 Å². The molecule has 0 aromatic heterocycles. The number of benzene rings is 3. The second kappa shape index (κ2) is 8.23. The van der Waals surface area contributed by atoms with E-state index in [2.05, 4.69) is 10.0 Å². The molecule has 0 unspecified atom stereocenters. The summed E-state index contributed by atoms with van der Waals surface area (Å²) in [4.78, 5) is 25.7. The number of hydrogen-bond donors (Lipinski definition) is 2. The highest BCUT2D eigenvalue weighted by Crippen LogP contribution is 2.32. The minimum atomic E-state index is -3.80. The van der Waals surface area contributed by atoms with Gasteiger partial charge in [-0.2, -0.15) is 0 Å². The van der Waals surface area contributed by atoms with Gasteiger partial charge < -0.3 is 10.2 Å². The molecule has 2 amide bonds. The zero-order valence-electron chi connectivity index (χ0n) is 16.8. The van der Waals surface area contributed by atoms with Crippen LogP contribution in [0.5, 0.6) is 0 Å². The van der Waals surface area contributed by atoms with Gasteiger partial charge in [-0.1, -0.05) is 18.2 Å². The van der Waals surface area contributed by atoms with Crippen molar-refractivity contribution in [1.82, 2.24) is 0 Å². The van der Waals surface area contributed by atoms with Crippen LogP contribution in [0.25, 0.3) is 0 Å². The molecule has 3 aromatic rings. The van der Waals surface area contributed by atoms with Gasteiger partial charge in [-0.25, -0.2) is 8.42 Å². The Balaban J connectivity index is 1.53. The molecule has 0 radical (unpaired) electrons. The van der Waals surface area contributed by atoms with Gasteiger partial charge in [0, 0.05) is 36.1 Å². The first-order valence-corrected chi connectivity index (χ1v) is 11.2. The highest BCUT2D eigenvalue weighted by Gasteiger charge is 2.27. The average Bonchev–Trinajstić information content (AvgIpc) is 3.18. The number of carbonyl (C=O) groups is 2. The number of rotatable bonds is 5. The first-order valence-electron chi connectivity index (χ1n) is 9.74. The fourth-order valence-electron chi connectivity index (χ4n) is 3.53. The molecule has 7 nitrogen and oxygen atoms in total. The molecule has 0 aliphatic carbocycles. The molecule has 0 atom stereocenters. The zero-order chi connectivity index (χ0) is 22.0. The molecule has 158 valence electrons. The minimum absolute atomic E-state index is 0.104. The molecule has 3 aromatic carbocycles. The van der Waals surface area contributed by atoms with Crippen molar-refractivity contribution in [3.8, 4) is 0 Å². The Bertz CT molecular complexity index is 1240. The van der Waals surface area contributed by atoms with Crippen LogP contribution < -0.4 is 14.9 Å². The van der Waals surface area contributed by atoms with Crippen molar-refractivity contribution in [3.05, 3.63) is 83.9 Å². The molecule has 0 bridgehead atoms. The second-order valence-electron chi connectivity index (χ2n) is 7.23. The lowest BCUT2D eigenvalue weighted by atomic mass is 10.1. The normalized spacial score (nSPS) is 12.9. The Hall–Kier alpha value is -3.65. The summed E-state index contributed by atoms with van der Waals surface area (Å²) < 4.78 is 28.2. The van der Waals surface area contributed by atoms with Crippen LogP contribution in [0.3, 0.4) is 0 Å². The van der Waals surface area contributed by atoms with E-state index in [0.29, 0.717) is 29.9 Å². The van der Waals surface area contributed by atoms with Crippen molar-refractivity contribution in [1.29, 1.82) is 0 Å². The van der Waals surface area contributed by atoms with E-state index in [1.165, 1.54) is 13.0 Å². The Kier molecular flexibility index (Phi) is 5.48. The third-order valence-corrected chi connectivity index (χ3v) is 6.36. The number of nitrogens with one attached hydrogen (secondary N) is 2. The second-order valence-corrected chi connectivity index (χ2v) is 8.91. The van der Waals surface area contributed by atoms with Crippen molar-refractivity contribution >= 4 is 38.9 Å². The van der Waals surface area contributed by atoms with Gasteiger partial charge in [0.15, 0.2) is 0 Å². The number of hydrogen-bond acceptors (Lipinski definition) is 4. The highest BCUT2D eigenvalue weighted by molar-refractivity contribution is 7.92. The van der Waals surface area contributed by atoms with Crippen LogP contribution in [0.1, 0.15) is 22.8 Å². The Morgan fingerprint density at radius 1 is 0.903 bits per heavy atom. The predicted octanol–water partition coefficient (Wildman–Crippen LogP) is 3.65. The van der Waals surface area contributed by atoms with Crippen LogP contribution in [-0.2, 0) is 21.2 Å². The van der Waals surface area contributed by atoms with Crippen LogP contribution in [-0.4, -0.2) is 26.8 Å². The first kappa shape index (κ1) is 20.6. The van der Waals surface area contributed by atoms with E-state index < -0.39 is 10.0 Å². The van der Waals surface area contributed by atoms with E-state index in [1.54, 1.807) is 53.4 Å². The van der Waals surface area contributed by atoms with E-state index in [0.717, 1.165) is 11.3 Å². The summed E-state index contributed by atoms with van der Waals surface area (Å²) in [5, 5.41) is 2.63. The third-order valence-electron chi connectivity index (χ3n) is 4.98. The van der Waals surface area contributed by atoms with Crippen LogP contribution in [0.4, 0.5) is 17.1 Å². The van der Waals surface area contributed by atoms with Gasteiger partial charge in [-0.05, 0) is 66.6 Å². The number of fused-ring (bicyclic) bond motifs is 1. The smallest absolute Gasteiger partial charge is 0.261 e. The predicted molar refractivity (Wildman–Crippen MR) is 120 cm³/mol. The van der Waals surface area contributed by atoms with Crippen molar-refractivity contribution < 1.29 is 18.0 Å². The molecular weight excluding hydrogens is 414 g/mol. The molecule has 0 saturated carbocycles. The topological polar surface area (TPSA) is 95.6 Å². The molecule has 0 saturated heterocycles. The van der Waals surface area contributed by atoms with Crippen LogP contribution in [0, 0.1) is 0 Å². The molecule has 1 heterocycles. The highest BCUT2D eigenvalue weighted by atomic mass is 32.2. The van der Waals surface area contributed by atoms with Crippen molar-refractivity contribution in [3.63, 3.8) is 0 Å². The van der Waals surface area contributed by atoms with E-state index in [1.807, 2.05) is 18.2 Å². The van der Waals surface area contributed by atoms with Gasteiger partial charge in [0.25, 0.3) is 15.9 Å². The molecule has 0 fully saturated rings. The summed E-state index contributed by atoms with van der Waals surface area (Å²) in [6.45, 7) is 1.91. The van der Waals surface area contributed by atoms with E-state index in [9.17, 15) is 18.0 Å². The molecule has 8 heteroatoms. The Morgan fingerprint density at radius 3 is 2.26 bits per heavy atom. The standard InChI is InChI=1S/C23H21N3O4S/c1-16(27)24-19-7-9-20(10-8-19)25-31(29,30)21-11-12-22-18(15-21)13-14-26(22)23(28)17-5-3-2-4-6-17/h2-12,15,25H,13-14H2,1H3,(H,24,27). The number of carbonyl (C=O) groups excluding carboxylic acids is 2. The van der Waals surface area contributed by atoms with Gasteiger partial charge in [0.2, 0.25) is 5.91 Å². The number of nitrogens with zero attached hydrogens (tertiary/aromatic N) is 1. The first-order chi connectivity index (χ1) is 14.8. The molecule has 1 aliphatic heterocycles. The minimum Gasteiger partial charge on any atom is -0.326 e. The number of anilines is 3. The lowest BCUT2D eigenvalue weighted by Gasteiger charge is -2.18.